The van der Waals surface area contributed by atoms with E-state index in [1.54, 1.807) is 25.1 Å². The summed E-state index contributed by atoms with van der Waals surface area (Å²) < 4.78 is 10.9. The van der Waals surface area contributed by atoms with E-state index in [0.29, 0.717) is 16.7 Å². The lowest BCUT2D eigenvalue weighted by molar-refractivity contribution is 0.168. The van der Waals surface area contributed by atoms with Crippen LogP contribution >= 0.6 is 15.9 Å². The van der Waals surface area contributed by atoms with Crippen molar-refractivity contribution < 1.29 is 13.9 Å². The molecule has 0 bridgehead atoms. The molecule has 1 N–H and O–H groups in total. The van der Waals surface area contributed by atoms with Crippen molar-refractivity contribution >= 4 is 38.7 Å². The van der Waals surface area contributed by atoms with Crippen molar-refractivity contribution in [2.24, 2.45) is 0 Å². The van der Waals surface area contributed by atoms with Crippen LogP contribution < -0.4 is 5.32 Å². The van der Waals surface area contributed by atoms with Crippen LogP contribution in [0.5, 0.6) is 0 Å². The highest BCUT2D eigenvalue weighted by molar-refractivity contribution is 9.10. The molecule has 0 saturated carbocycles. The highest BCUT2D eigenvalue weighted by Crippen LogP contribution is 2.32. The first-order chi connectivity index (χ1) is 8.65. The van der Waals surface area contributed by atoms with E-state index in [-0.39, 0.29) is 12.4 Å². The fourth-order valence-corrected chi connectivity index (χ4v) is 1.90. The van der Waals surface area contributed by atoms with E-state index in [1.807, 2.05) is 6.07 Å². The van der Waals surface area contributed by atoms with Crippen molar-refractivity contribution in [1.29, 1.82) is 5.26 Å². The van der Waals surface area contributed by atoms with Crippen LogP contribution in [0.15, 0.2) is 27.1 Å². The van der Waals surface area contributed by atoms with Gasteiger partial charge in [-0.3, -0.25) is 5.32 Å². The minimum Gasteiger partial charge on any atom is -0.450 e. The molecule has 0 aliphatic heterocycles. The summed E-state index contributed by atoms with van der Waals surface area (Å²) in [5, 5.41) is 12.1. The van der Waals surface area contributed by atoms with Gasteiger partial charge in [-0.05, 0) is 25.1 Å². The first-order valence-corrected chi connectivity index (χ1v) is 6.01. The van der Waals surface area contributed by atoms with E-state index >= 15 is 0 Å². The van der Waals surface area contributed by atoms with E-state index < -0.39 is 6.09 Å². The molecule has 0 unspecified atom stereocenters. The summed E-state index contributed by atoms with van der Waals surface area (Å²) in [7, 11) is 0. The number of anilines is 1. The molecule has 0 aliphatic carbocycles. The number of hydrogen-bond donors (Lipinski definition) is 1. The maximum Gasteiger partial charge on any atom is 0.411 e. The first kappa shape index (κ1) is 12.5. The fourth-order valence-electron chi connectivity index (χ4n) is 1.54. The van der Waals surface area contributed by atoms with Gasteiger partial charge in [0.05, 0.1) is 6.61 Å². The lowest BCUT2D eigenvalue weighted by Gasteiger charge is -2.03. The number of amides is 1. The quantitative estimate of drug-likeness (QED) is 0.919. The van der Waals surface area contributed by atoms with Crippen LogP contribution in [0.2, 0.25) is 0 Å². The average Bonchev–Trinajstić information content (AvgIpc) is 2.67. The van der Waals surface area contributed by atoms with Gasteiger partial charge in [-0.15, -0.1) is 0 Å². The maximum absolute atomic E-state index is 11.4. The highest BCUT2D eigenvalue weighted by Gasteiger charge is 2.16. The number of hydrogen-bond acceptors (Lipinski definition) is 4. The maximum atomic E-state index is 11.4. The van der Waals surface area contributed by atoms with Crippen LogP contribution in [0.4, 0.5) is 10.5 Å². The summed E-state index contributed by atoms with van der Waals surface area (Å²) in [6.07, 6.45) is -0.614. The van der Waals surface area contributed by atoms with Gasteiger partial charge < -0.3 is 9.15 Å². The fraction of sp³-hybridized carbons (Fsp3) is 0.167. The third-order valence-electron chi connectivity index (χ3n) is 2.25. The monoisotopic (exact) mass is 308 g/mol. The number of ether oxygens (including phenoxy) is 1. The summed E-state index contributed by atoms with van der Waals surface area (Å²) >= 11 is 3.33. The Kier molecular flexibility index (Phi) is 3.53. The zero-order valence-electron chi connectivity index (χ0n) is 9.49. The van der Waals surface area contributed by atoms with Gasteiger partial charge in [0, 0.05) is 9.86 Å². The summed E-state index contributed by atoms with van der Waals surface area (Å²) in [5.41, 5.74) is 0.855. The number of carbonyl (C=O) groups is 1. The third-order valence-corrected chi connectivity index (χ3v) is 2.75. The lowest BCUT2D eigenvalue weighted by Crippen LogP contribution is -2.13. The second kappa shape index (κ2) is 5.10. The molecular weight excluding hydrogens is 300 g/mol. The van der Waals surface area contributed by atoms with Gasteiger partial charge in [-0.25, -0.2) is 4.79 Å². The summed E-state index contributed by atoms with van der Waals surface area (Å²) in [6, 6.07) is 7.18. The Hall–Kier alpha value is -2.00. The number of benzene rings is 1. The number of nitriles is 1. The molecule has 1 aromatic carbocycles. The van der Waals surface area contributed by atoms with Gasteiger partial charge in [-0.1, -0.05) is 15.9 Å². The van der Waals surface area contributed by atoms with Gasteiger partial charge in [0.25, 0.3) is 0 Å². The third kappa shape index (κ3) is 2.31. The Labute approximate surface area is 111 Å². The molecule has 1 amide bonds. The molecule has 0 spiro atoms. The molecule has 2 aromatic rings. The second-order valence-electron chi connectivity index (χ2n) is 3.40. The molecule has 0 radical (unpaired) electrons. The Morgan fingerprint density at radius 2 is 2.39 bits per heavy atom. The number of fused-ring (bicyclic) bond motifs is 1. The van der Waals surface area contributed by atoms with Gasteiger partial charge in [0.15, 0.2) is 0 Å². The minimum absolute atomic E-state index is 0.0520. The van der Waals surface area contributed by atoms with E-state index in [1.165, 1.54) is 0 Å². The van der Waals surface area contributed by atoms with E-state index in [0.717, 1.165) is 4.47 Å². The molecule has 1 heterocycles. The molecule has 0 saturated heterocycles. The Bertz CT molecular complexity index is 643. The van der Waals surface area contributed by atoms with Crippen molar-refractivity contribution in [2.45, 2.75) is 6.92 Å². The van der Waals surface area contributed by atoms with E-state index in [4.69, 9.17) is 14.4 Å². The molecule has 5 nitrogen and oxygen atoms in total. The van der Waals surface area contributed by atoms with Crippen LogP contribution in [0.1, 0.15) is 12.7 Å². The average molecular weight is 309 g/mol. The van der Waals surface area contributed by atoms with E-state index in [2.05, 4.69) is 21.2 Å². The van der Waals surface area contributed by atoms with Crippen molar-refractivity contribution in [3.8, 4) is 6.07 Å². The van der Waals surface area contributed by atoms with Crippen LogP contribution in [-0.2, 0) is 4.74 Å². The number of nitrogens with one attached hydrogen (secondary N) is 1. The van der Waals surface area contributed by atoms with Crippen LogP contribution in [0, 0.1) is 11.3 Å². The summed E-state index contributed by atoms with van der Waals surface area (Å²) in [4.78, 5) is 11.4. The molecule has 1 aromatic heterocycles. The molecule has 0 aliphatic rings. The molecule has 0 atom stereocenters. The number of nitrogens with zero attached hydrogens (tertiary/aromatic N) is 1. The van der Waals surface area contributed by atoms with Crippen molar-refractivity contribution in [3.63, 3.8) is 0 Å². The SMILES string of the molecule is CCOC(=O)Nc1c(C#N)oc2ccc(Br)cc12. The van der Waals surface area contributed by atoms with Gasteiger partial charge in [0.1, 0.15) is 17.3 Å². The zero-order chi connectivity index (χ0) is 13.1. The largest absolute Gasteiger partial charge is 0.450 e. The predicted molar refractivity (Wildman–Crippen MR) is 69.3 cm³/mol. The summed E-state index contributed by atoms with van der Waals surface area (Å²) in [5.74, 6) is 0.0520. The number of carbonyl (C=O) groups excluding carboxylic acids is 1. The molecule has 6 heteroatoms. The van der Waals surface area contributed by atoms with Crippen LogP contribution in [-0.4, -0.2) is 12.7 Å². The number of furan rings is 1. The normalized spacial score (nSPS) is 10.1. The second-order valence-corrected chi connectivity index (χ2v) is 4.32. The van der Waals surface area contributed by atoms with Crippen molar-refractivity contribution in [1.82, 2.24) is 0 Å². The van der Waals surface area contributed by atoms with Crippen LogP contribution in [0.3, 0.4) is 0 Å². The standard InChI is InChI=1S/C12H9BrN2O3/c1-2-17-12(16)15-11-8-5-7(13)3-4-9(8)18-10(11)6-14/h3-5H,2H2,1H3,(H,15,16). The minimum atomic E-state index is -0.614. The highest BCUT2D eigenvalue weighted by atomic mass is 79.9. The van der Waals surface area contributed by atoms with Gasteiger partial charge in [-0.2, -0.15) is 5.26 Å². The molecule has 18 heavy (non-hydrogen) atoms. The Morgan fingerprint density at radius 1 is 1.61 bits per heavy atom. The lowest BCUT2D eigenvalue weighted by atomic mass is 10.2. The van der Waals surface area contributed by atoms with Crippen LogP contribution in [0.25, 0.3) is 11.0 Å². The topological polar surface area (TPSA) is 75.3 Å². The molecule has 92 valence electrons. The smallest absolute Gasteiger partial charge is 0.411 e. The van der Waals surface area contributed by atoms with Crippen molar-refractivity contribution in [2.75, 3.05) is 11.9 Å². The number of rotatable bonds is 2. The first-order valence-electron chi connectivity index (χ1n) is 5.21. The molecule has 2 rings (SSSR count). The van der Waals surface area contributed by atoms with Crippen molar-refractivity contribution in [3.05, 3.63) is 28.4 Å². The Balaban J connectivity index is 2.49. The van der Waals surface area contributed by atoms with Gasteiger partial charge >= 0.3 is 6.09 Å². The molecule has 0 fully saturated rings. The Morgan fingerprint density at radius 3 is 3.06 bits per heavy atom. The number of halogens is 1. The predicted octanol–water partition coefficient (Wildman–Crippen LogP) is 3.64. The summed E-state index contributed by atoms with van der Waals surface area (Å²) in [6.45, 7) is 1.96. The van der Waals surface area contributed by atoms with E-state index in [9.17, 15) is 4.79 Å². The zero-order valence-corrected chi connectivity index (χ0v) is 11.1. The van der Waals surface area contributed by atoms with Gasteiger partial charge in [0.2, 0.25) is 5.76 Å². The molecular formula is C12H9BrN2O3.